The molecule has 0 bridgehead atoms. The van der Waals surface area contributed by atoms with Gasteiger partial charge in [-0.1, -0.05) is 25.8 Å². The number of hydrogen-bond acceptors (Lipinski definition) is 1. The van der Waals surface area contributed by atoms with Gasteiger partial charge in [-0.05, 0) is 19.8 Å². The molecule has 0 aliphatic carbocycles. The highest BCUT2D eigenvalue weighted by Crippen LogP contribution is 2.05. The van der Waals surface area contributed by atoms with Crippen molar-refractivity contribution in [3.05, 3.63) is 11.6 Å². The van der Waals surface area contributed by atoms with Gasteiger partial charge in [-0.15, -0.1) is 11.6 Å². The smallest absolute Gasteiger partial charge is 0.156 e. The molecule has 0 spiro atoms. The van der Waals surface area contributed by atoms with E-state index in [9.17, 15) is 4.79 Å². The van der Waals surface area contributed by atoms with Crippen LogP contribution in [0, 0.1) is 0 Å². The summed E-state index contributed by atoms with van der Waals surface area (Å²) in [6.07, 6.45) is 6.54. The Bertz CT molecular complexity index is 161. The molecule has 0 heterocycles. The highest BCUT2D eigenvalue weighted by atomic mass is 35.5. The number of carbonyl (C=O) groups is 1. The highest BCUT2D eigenvalue weighted by Gasteiger charge is 1.99. The predicted molar refractivity (Wildman–Crippen MR) is 53.6 cm³/mol. The van der Waals surface area contributed by atoms with Crippen LogP contribution in [0.5, 0.6) is 0 Å². The fraction of sp³-hybridized carbons (Fsp3) is 0.700. The van der Waals surface area contributed by atoms with Crippen LogP contribution in [0.3, 0.4) is 0 Å². The monoisotopic (exact) mass is 188 g/mol. The van der Waals surface area contributed by atoms with Crippen molar-refractivity contribution in [1.29, 1.82) is 0 Å². The van der Waals surface area contributed by atoms with Crippen LogP contribution in [-0.2, 0) is 4.79 Å². The lowest BCUT2D eigenvalue weighted by atomic mass is 10.1. The van der Waals surface area contributed by atoms with E-state index in [4.69, 9.17) is 11.6 Å². The minimum atomic E-state index is 0.0986. The topological polar surface area (TPSA) is 17.1 Å². The van der Waals surface area contributed by atoms with Gasteiger partial charge in [-0.3, -0.25) is 4.79 Å². The fourth-order valence-corrected chi connectivity index (χ4v) is 1.26. The standard InChI is InChI=1S/C10H17ClO/c1-3-4-5-6-7-10(8-11)9(2)12/h7H,3-6,8H2,1-2H3/b10-7+. The summed E-state index contributed by atoms with van der Waals surface area (Å²) in [7, 11) is 0. The zero-order valence-electron chi connectivity index (χ0n) is 7.90. The Labute approximate surface area is 79.8 Å². The summed E-state index contributed by atoms with van der Waals surface area (Å²) in [6.45, 7) is 3.73. The highest BCUT2D eigenvalue weighted by molar-refractivity contribution is 6.22. The minimum absolute atomic E-state index is 0.0986. The number of allylic oxidation sites excluding steroid dienone is 2. The Morgan fingerprint density at radius 1 is 1.42 bits per heavy atom. The zero-order valence-corrected chi connectivity index (χ0v) is 8.66. The van der Waals surface area contributed by atoms with Gasteiger partial charge in [0.15, 0.2) is 5.78 Å². The Kier molecular flexibility index (Phi) is 7.17. The van der Waals surface area contributed by atoms with E-state index in [-0.39, 0.29) is 5.78 Å². The fourth-order valence-electron chi connectivity index (χ4n) is 0.963. The molecule has 0 aromatic rings. The van der Waals surface area contributed by atoms with Crippen LogP contribution >= 0.6 is 11.6 Å². The molecule has 0 atom stereocenters. The molecule has 0 aliphatic heterocycles. The third-order valence-electron chi connectivity index (χ3n) is 1.79. The minimum Gasteiger partial charge on any atom is -0.295 e. The maximum absolute atomic E-state index is 10.9. The van der Waals surface area contributed by atoms with E-state index < -0.39 is 0 Å². The zero-order chi connectivity index (χ0) is 9.40. The van der Waals surface area contributed by atoms with Crippen molar-refractivity contribution in [3.63, 3.8) is 0 Å². The van der Waals surface area contributed by atoms with E-state index in [0.29, 0.717) is 5.88 Å². The first kappa shape index (κ1) is 11.7. The van der Waals surface area contributed by atoms with Crippen molar-refractivity contribution in [1.82, 2.24) is 0 Å². The van der Waals surface area contributed by atoms with Crippen molar-refractivity contribution in [2.24, 2.45) is 0 Å². The van der Waals surface area contributed by atoms with Gasteiger partial charge in [0.05, 0.1) is 5.88 Å². The maximum atomic E-state index is 10.9. The van der Waals surface area contributed by atoms with Gasteiger partial charge in [0.1, 0.15) is 0 Å². The molecule has 0 saturated carbocycles. The lowest BCUT2D eigenvalue weighted by molar-refractivity contribution is -0.113. The molecule has 0 aromatic heterocycles. The molecule has 0 saturated heterocycles. The number of alkyl halides is 1. The van der Waals surface area contributed by atoms with Gasteiger partial charge < -0.3 is 0 Å². The van der Waals surface area contributed by atoms with Gasteiger partial charge in [0.2, 0.25) is 0 Å². The number of hydrogen-bond donors (Lipinski definition) is 0. The number of unbranched alkanes of at least 4 members (excludes halogenated alkanes) is 3. The molecule has 0 aliphatic rings. The van der Waals surface area contributed by atoms with Crippen molar-refractivity contribution in [3.8, 4) is 0 Å². The van der Waals surface area contributed by atoms with Crippen molar-refractivity contribution >= 4 is 17.4 Å². The molecular weight excluding hydrogens is 172 g/mol. The molecular formula is C10H17ClO. The van der Waals surface area contributed by atoms with Crippen LogP contribution in [-0.4, -0.2) is 11.7 Å². The van der Waals surface area contributed by atoms with Gasteiger partial charge in [-0.2, -0.15) is 0 Å². The van der Waals surface area contributed by atoms with E-state index in [2.05, 4.69) is 6.92 Å². The van der Waals surface area contributed by atoms with E-state index in [1.165, 1.54) is 12.8 Å². The van der Waals surface area contributed by atoms with Gasteiger partial charge in [0.25, 0.3) is 0 Å². The molecule has 0 rings (SSSR count). The van der Waals surface area contributed by atoms with Gasteiger partial charge >= 0.3 is 0 Å². The van der Waals surface area contributed by atoms with Crippen molar-refractivity contribution < 1.29 is 4.79 Å². The molecule has 0 fully saturated rings. The molecule has 0 aromatic carbocycles. The normalized spacial score (nSPS) is 11.8. The van der Waals surface area contributed by atoms with Crippen LogP contribution < -0.4 is 0 Å². The van der Waals surface area contributed by atoms with Crippen LogP contribution in [0.2, 0.25) is 0 Å². The number of halogens is 1. The van der Waals surface area contributed by atoms with E-state index in [1.54, 1.807) is 6.92 Å². The average molecular weight is 189 g/mol. The second kappa shape index (κ2) is 7.35. The van der Waals surface area contributed by atoms with E-state index >= 15 is 0 Å². The summed E-state index contributed by atoms with van der Waals surface area (Å²) in [5.41, 5.74) is 0.757. The Balaban J connectivity index is 3.71. The maximum Gasteiger partial charge on any atom is 0.156 e. The SMILES string of the molecule is CCCCC/C=C(\CCl)C(C)=O. The third kappa shape index (κ3) is 5.36. The Hall–Kier alpha value is -0.300. The molecule has 0 N–H and O–H groups in total. The first-order valence-corrected chi connectivity index (χ1v) is 5.01. The predicted octanol–water partition coefficient (Wildman–Crippen LogP) is 3.32. The molecule has 0 unspecified atom stereocenters. The molecule has 12 heavy (non-hydrogen) atoms. The molecule has 1 nitrogen and oxygen atoms in total. The second-order valence-corrected chi connectivity index (χ2v) is 3.18. The summed E-state index contributed by atoms with van der Waals surface area (Å²) < 4.78 is 0. The average Bonchev–Trinajstić information content (AvgIpc) is 2.04. The summed E-state index contributed by atoms with van der Waals surface area (Å²) in [5, 5.41) is 0. The summed E-state index contributed by atoms with van der Waals surface area (Å²) >= 11 is 5.59. The lowest BCUT2D eigenvalue weighted by Crippen LogP contribution is -1.97. The largest absolute Gasteiger partial charge is 0.295 e. The van der Waals surface area contributed by atoms with Crippen LogP contribution in [0.4, 0.5) is 0 Å². The second-order valence-electron chi connectivity index (χ2n) is 2.91. The first-order valence-electron chi connectivity index (χ1n) is 4.48. The lowest BCUT2D eigenvalue weighted by Gasteiger charge is -1.97. The number of ketones is 1. The number of carbonyl (C=O) groups excluding carboxylic acids is 1. The van der Waals surface area contributed by atoms with Crippen LogP contribution in [0.1, 0.15) is 39.5 Å². The summed E-state index contributed by atoms with van der Waals surface area (Å²) in [5.74, 6) is 0.447. The molecule has 70 valence electrons. The molecule has 2 heteroatoms. The van der Waals surface area contributed by atoms with E-state index in [0.717, 1.165) is 18.4 Å². The third-order valence-corrected chi connectivity index (χ3v) is 2.08. The van der Waals surface area contributed by atoms with Crippen molar-refractivity contribution in [2.45, 2.75) is 39.5 Å². The Morgan fingerprint density at radius 3 is 2.50 bits per heavy atom. The summed E-state index contributed by atoms with van der Waals surface area (Å²) in [6, 6.07) is 0. The van der Waals surface area contributed by atoms with Crippen molar-refractivity contribution in [2.75, 3.05) is 5.88 Å². The van der Waals surface area contributed by atoms with Gasteiger partial charge in [0, 0.05) is 5.57 Å². The van der Waals surface area contributed by atoms with Crippen LogP contribution in [0.25, 0.3) is 0 Å². The first-order chi connectivity index (χ1) is 5.72. The molecule has 0 radical (unpaired) electrons. The Morgan fingerprint density at radius 2 is 2.08 bits per heavy atom. The molecule has 0 amide bonds. The van der Waals surface area contributed by atoms with Crippen LogP contribution in [0.15, 0.2) is 11.6 Å². The van der Waals surface area contributed by atoms with Gasteiger partial charge in [-0.25, -0.2) is 0 Å². The number of Topliss-reactive ketones (excluding diaryl/α,β-unsaturated/α-hetero) is 1. The number of rotatable bonds is 6. The quantitative estimate of drug-likeness (QED) is 0.355. The summed E-state index contributed by atoms with van der Waals surface area (Å²) in [4.78, 5) is 10.9. The van der Waals surface area contributed by atoms with E-state index in [1.807, 2.05) is 6.08 Å².